The SMILES string of the molecule is CCC(=O)CN1C(=O)C2C(N=CN2[C@@H](C)C(=O)Nc2csc(-c3cnc(C)c(F)c3)n2)N(C)C1=O. The number of fused-ring (bicyclic) bond motifs is 1. The number of aromatic nitrogens is 2. The van der Waals surface area contributed by atoms with Crippen molar-refractivity contribution in [1.29, 1.82) is 0 Å². The third-order valence-electron chi connectivity index (χ3n) is 5.99. The van der Waals surface area contributed by atoms with Crippen LogP contribution >= 0.6 is 11.3 Å². The van der Waals surface area contributed by atoms with E-state index in [-0.39, 0.29) is 30.3 Å². The third kappa shape index (κ3) is 4.50. The zero-order valence-electron chi connectivity index (χ0n) is 19.6. The number of hydrogen-bond donors (Lipinski definition) is 1. The number of thiazole rings is 1. The number of Topliss-reactive ketones (excluding diaryl/α,β-unsaturated/α-hetero) is 1. The number of anilines is 1. The van der Waals surface area contributed by atoms with E-state index in [1.165, 1.54) is 46.8 Å². The van der Waals surface area contributed by atoms with E-state index in [0.717, 1.165) is 4.90 Å². The summed E-state index contributed by atoms with van der Waals surface area (Å²) in [7, 11) is 1.50. The van der Waals surface area contributed by atoms with E-state index in [0.29, 0.717) is 10.6 Å². The summed E-state index contributed by atoms with van der Waals surface area (Å²) < 4.78 is 13.8. The third-order valence-corrected chi connectivity index (χ3v) is 6.88. The highest BCUT2D eigenvalue weighted by molar-refractivity contribution is 7.13. The Bertz CT molecular complexity index is 1230. The van der Waals surface area contributed by atoms with Gasteiger partial charge in [-0.25, -0.2) is 19.2 Å². The Morgan fingerprint density at radius 2 is 2.06 bits per heavy atom. The van der Waals surface area contributed by atoms with Crippen LogP contribution in [0.5, 0.6) is 0 Å². The van der Waals surface area contributed by atoms with Crippen LogP contribution in [0.3, 0.4) is 0 Å². The van der Waals surface area contributed by atoms with Crippen LogP contribution in [0, 0.1) is 12.7 Å². The Balaban J connectivity index is 1.48. The minimum Gasteiger partial charge on any atom is -0.335 e. The summed E-state index contributed by atoms with van der Waals surface area (Å²) in [5.74, 6) is -1.46. The second-order valence-corrected chi connectivity index (χ2v) is 9.13. The maximum Gasteiger partial charge on any atom is 0.328 e. The lowest BCUT2D eigenvalue weighted by molar-refractivity contribution is -0.141. The van der Waals surface area contributed by atoms with E-state index < -0.39 is 41.9 Å². The summed E-state index contributed by atoms with van der Waals surface area (Å²) >= 11 is 1.22. The molecule has 13 heteroatoms. The second kappa shape index (κ2) is 9.49. The number of halogens is 1. The van der Waals surface area contributed by atoms with Crippen LogP contribution in [0.4, 0.5) is 15.0 Å². The smallest absolute Gasteiger partial charge is 0.328 e. The molecule has 1 N–H and O–H groups in total. The quantitative estimate of drug-likeness (QED) is 0.614. The van der Waals surface area contributed by atoms with Gasteiger partial charge in [0.1, 0.15) is 22.7 Å². The molecular formula is C22H24FN7O4S. The van der Waals surface area contributed by atoms with Gasteiger partial charge in [-0.15, -0.1) is 11.3 Å². The summed E-state index contributed by atoms with van der Waals surface area (Å²) in [4.78, 5) is 66.9. The van der Waals surface area contributed by atoms with Crippen LogP contribution in [-0.2, 0) is 14.4 Å². The normalized spacial score (nSPS) is 20.3. The van der Waals surface area contributed by atoms with E-state index >= 15 is 0 Å². The number of hydrogen-bond acceptors (Lipinski definition) is 9. The molecule has 4 rings (SSSR count). The van der Waals surface area contributed by atoms with Gasteiger partial charge >= 0.3 is 6.03 Å². The van der Waals surface area contributed by atoms with E-state index in [2.05, 4.69) is 20.3 Å². The number of aliphatic imine (C=N–C) groups is 1. The van der Waals surface area contributed by atoms with Gasteiger partial charge in [0.2, 0.25) is 5.91 Å². The molecule has 4 heterocycles. The maximum atomic E-state index is 13.8. The molecule has 0 aliphatic carbocycles. The number of nitrogens with one attached hydrogen (secondary N) is 1. The summed E-state index contributed by atoms with van der Waals surface area (Å²) in [5, 5.41) is 4.81. The maximum absolute atomic E-state index is 13.8. The average molecular weight is 502 g/mol. The summed E-state index contributed by atoms with van der Waals surface area (Å²) in [6.07, 6.45) is 2.27. The molecule has 35 heavy (non-hydrogen) atoms. The van der Waals surface area contributed by atoms with Gasteiger partial charge < -0.3 is 15.1 Å². The van der Waals surface area contributed by atoms with Gasteiger partial charge in [-0.1, -0.05) is 6.92 Å². The van der Waals surface area contributed by atoms with E-state index in [9.17, 15) is 23.6 Å². The molecule has 3 atom stereocenters. The predicted octanol–water partition coefficient (Wildman–Crippen LogP) is 1.89. The van der Waals surface area contributed by atoms with Crippen LogP contribution in [0.25, 0.3) is 10.6 Å². The van der Waals surface area contributed by atoms with Crippen LogP contribution in [0.2, 0.25) is 0 Å². The van der Waals surface area contributed by atoms with Crippen molar-refractivity contribution in [3.63, 3.8) is 0 Å². The zero-order valence-corrected chi connectivity index (χ0v) is 20.4. The fourth-order valence-electron chi connectivity index (χ4n) is 3.80. The van der Waals surface area contributed by atoms with Crippen molar-refractivity contribution in [3.05, 3.63) is 29.2 Å². The van der Waals surface area contributed by atoms with Crippen LogP contribution in [0.15, 0.2) is 22.6 Å². The molecule has 2 unspecified atom stereocenters. The standard InChI is InChI=1S/C22H24FN7O4S/c1-5-14(31)8-29-21(33)17-18(28(4)22(29)34)25-10-30(17)12(3)19(32)26-16-9-35-20(27-16)13-6-15(23)11(2)24-7-13/h6-7,9-10,12,17-18H,5,8H2,1-4H3,(H,26,32)/t12-,17?,18?/m0/s1. The summed E-state index contributed by atoms with van der Waals surface area (Å²) in [5.41, 5.74) is 0.767. The number of rotatable bonds is 7. The van der Waals surface area contributed by atoms with Crippen molar-refractivity contribution in [1.82, 2.24) is 24.7 Å². The molecule has 0 radical (unpaired) electrons. The summed E-state index contributed by atoms with van der Waals surface area (Å²) in [6.45, 7) is 4.49. The number of carbonyl (C=O) groups is 4. The van der Waals surface area contributed by atoms with Crippen molar-refractivity contribution in [2.45, 2.75) is 45.4 Å². The molecular weight excluding hydrogens is 477 g/mol. The number of urea groups is 1. The lowest BCUT2D eigenvalue weighted by Gasteiger charge is -2.42. The minimum atomic E-state index is -0.935. The first kappa shape index (κ1) is 24.4. The molecule has 2 aromatic heterocycles. The number of likely N-dealkylation sites (N-methyl/N-ethyl adjacent to an activating group) is 1. The van der Waals surface area contributed by atoms with Gasteiger partial charge in [-0.3, -0.25) is 24.3 Å². The molecule has 2 aromatic rings. The molecule has 1 fully saturated rings. The molecule has 4 amide bonds. The van der Waals surface area contributed by atoms with Gasteiger partial charge in [0.05, 0.1) is 18.6 Å². The highest BCUT2D eigenvalue weighted by Crippen LogP contribution is 2.29. The topological polar surface area (TPSA) is 128 Å². The first-order valence-electron chi connectivity index (χ1n) is 10.9. The number of amides is 4. The molecule has 2 aliphatic rings. The Labute approximate surface area is 204 Å². The molecule has 0 bridgehead atoms. The van der Waals surface area contributed by atoms with Crippen molar-refractivity contribution in [2.75, 3.05) is 18.9 Å². The number of carbonyl (C=O) groups excluding carboxylic acids is 4. The Morgan fingerprint density at radius 3 is 2.74 bits per heavy atom. The number of imide groups is 1. The molecule has 184 valence electrons. The highest BCUT2D eigenvalue weighted by Gasteiger charge is 2.51. The number of aryl methyl sites for hydroxylation is 1. The lowest BCUT2D eigenvalue weighted by atomic mass is 10.1. The molecule has 2 aliphatic heterocycles. The van der Waals surface area contributed by atoms with E-state index in [1.54, 1.807) is 26.2 Å². The Morgan fingerprint density at radius 1 is 1.31 bits per heavy atom. The van der Waals surface area contributed by atoms with Crippen LogP contribution in [0.1, 0.15) is 26.0 Å². The zero-order chi connectivity index (χ0) is 25.4. The number of pyridine rings is 1. The molecule has 0 aromatic carbocycles. The molecule has 0 spiro atoms. The van der Waals surface area contributed by atoms with Crippen molar-refractivity contribution in [2.24, 2.45) is 4.99 Å². The largest absolute Gasteiger partial charge is 0.335 e. The monoisotopic (exact) mass is 501 g/mol. The van der Waals surface area contributed by atoms with Gasteiger partial charge in [0, 0.05) is 30.6 Å². The lowest BCUT2D eigenvalue weighted by Crippen LogP contribution is -2.66. The Kier molecular flexibility index (Phi) is 6.61. The van der Waals surface area contributed by atoms with Crippen LogP contribution < -0.4 is 5.32 Å². The first-order valence-corrected chi connectivity index (χ1v) is 11.8. The van der Waals surface area contributed by atoms with Crippen molar-refractivity contribution in [3.8, 4) is 10.6 Å². The average Bonchev–Trinajstić information content (AvgIpc) is 3.49. The van der Waals surface area contributed by atoms with Crippen molar-refractivity contribution < 1.29 is 23.6 Å². The van der Waals surface area contributed by atoms with E-state index in [1.807, 2.05) is 0 Å². The van der Waals surface area contributed by atoms with Crippen molar-refractivity contribution >= 4 is 47.1 Å². The van der Waals surface area contributed by atoms with Gasteiger partial charge in [-0.2, -0.15) is 0 Å². The van der Waals surface area contributed by atoms with E-state index in [4.69, 9.17) is 0 Å². The number of nitrogens with zero attached hydrogens (tertiary/aromatic N) is 6. The number of ketones is 1. The highest BCUT2D eigenvalue weighted by atomic mass is 32.1. The van der Waals surface area contributed by atoms with Gasteiger partial charge in [-0.05, 0) is 19.9 Å². The fraction of sp³-hybridized carbons (Fsp3) is 0.409. The van der Waals surface area contributed by atoms with Crippen LogP contribution in [-0.4, -0.2) is 86.5 Å². The van der Waals surface area contributed by atoms with Gasteiger partial charge in [0.25, 0.3) is 5.91 Å². The van der Waals surface area contributed by atoms with Gasteiger partial charge in [0.15, 0.2) is 18.0 Å². The Hall–Kier alpha value is -3.74. The first-order chi connectivity index (χ1) is 16.6. The molecule has 1 saturated heterocycles. The predicted molar refractivity (Wildman–Crippen MR) is 126 cm³/mol. The molecule has 0 saturated carbocycles. The summed E-state index contributed by atoms with van der Waals surface area (Å²) in [6, 6.07) is -1.05. The second-order valence-electron chi connectivity index (χ2n) is 8.27. The molecule has 11 nitrogen and oxygen atoms in total. The fourth-order valence-corrected chi connectivity index (χ4v) is 4.54. The minimum absolute atomic E-state index is 0.189.